The first-order valence-corrected chi connectivity index (χ1v) is 5.49. The average molecular weight is 222 g/mol. The fourth-order valence-corrected chi connectivity index (χ4v) is 1.89. The summed E-state index contributed by atoms with van der Waals surface area (Å²) in [6.45, 7) is 4.65. The summed E-state index contributed by atoms with van der Waals surface area (Å²) in [5, 5.41) is 8.78. The van der Waals surface area contributed by atoms with E-state index in [4.69, 9.17) is 9.84 Å². The second kappa shape index (κ2) is 5.09. The normalized spacial score (nSPS) is 17.2. The van der Waals surface area contributed by atoms with Gasteiger partial charge in [-0.3, -0.25) is 0 Å². The molecule has 1 saturated heterocycles. The molecule has 0 saturated carbocycles. The Balaban J connectivity index is 1.96. The number of aromatic carboxylic acids is 1. The third-order valence-electron chi connectivity index (χ3n) is 2.85. The second-order valence-electron chi connectivity index (χ2n) is 4.04. The summed E-state index contributed by atoms with van der Waals surface area (Å²) in [4.78, 5) is 12.2. The molecule has 1 aromatic rings. The van der Waals surface area contributed by atoms with Gasteiger partial charge in [-0.25, -0.2) is 4.79 Å². The molecule has 1 aliphatic rings. The highest BCUT2D eigenvalue weighted by Gasteiger charge is 2.14. The number of carbonyl (C=O) groups is 1. The summed E-state index contributed by atoms with van der Waals surface area (Å²) >= 11 is 0. The first kappa shape index (κ1) is 11.1. The van der Waals surface area contributed by atoms with Gasteiger partial charge in [0.15, 0.2) is 0 Å². The van der Waals surface area contributed by atoms with Gasteiger partial charge in [-0.2, -0.15) is 0 Å². The van der Waals surface area contributed by atoms with E-state index in [1.807, 2.05) is 12.1 Å². The van der Waals surface area contributed by atoms with E-state index < -0.39 is 5.97 Å². The Labute approximate surface area is 94.4 Å². The van der Waals surface area contributed by atoms with Crippen LogP contribution in [0.2, 0.25) is 0 Å². The van der Waals surface area contributed by atoms with Gasteiger partial charge >= 0.3 is 5.97 Å². The van der Waals surface area contributed by atoms with Gasteiger partial charge in [-0.05, 0) is 12.1 Å². The van der Waals surface area contributed by atoms with Crippen LogP contribution in [0.5, 0.6) is 0 Å². The van der Waals surface area contributed by atoms with E-state index in [0.717, 1.165) is 32.8 Å². The van der Waals surface area contributed by atoms with Gasteiger partial charge in [-0.15, -0.1) is 0 Å². The van der Waals surface area contributed by atoms with Crippen molar-refractivity contribution in [1.29, 1.82) is 0 Å². The van der Waals surface area contributed by atoms with Gasteiger partial charge in [0.25, 0.3) is 0 Å². The number of ether oxygens (including phenoxy) is 1. The van der Waals surface area contributed by atoms with Crippen LogP contribution in [0.25, 0.3) is 0 Å². The molecule has 2 N–H and O–H groups in total. The minimum Gasteiger partial charge on any atom is -0.478 e. The minimum absolute atomic E-state index is 0.348. The number of benzene rings is 1. The van der Waals surface area contributed by atoms with Crippen LogP contribution < -0.4 is 4.90 Å². The zero-order chi connectivity index (χ0) is 11.4. The van der Waals surface area contributed by atoms with Crippen LogP contribution in [0, 0.1) is 0 Å². The third-order valence-corrected chi connectivity index (χ3v) is 2.85. The van der Waals surface area contributed by atoms with E-state index in [1.165, 1.54) is 10.5 Å². The van der Waals surface area contributed by atoms with Crippen molar-refractivity contribution in [3.63, 3.8) is 0 Å². The summed E-state index contributed by atoms with van der Waals surface area (Å²) < 4.78 is 5.29. The Morgan fingerprint density at radius 2 is 1.88 bits per heavy atom. The molecular weight excluding hydrogens is 206 g/mol. The molecule has 0 amide bonds. The molecule has 4 heteroatoms. The monoisotopic (exact) mass is 222 g/mol. The molecule has 0 aromatic heterocycles. The highest BCUT2D eigenvalue weighted by atomic mass is 16.5. The molecule has 4 nitrogen and oxygen atoms in total. The Bertz CT molecular complexity index is 355. The molecule has 16 heavy (non-hydrogen) atoms. The Hall–Kier alpha value is -1.39. The number of carboxylic acids is 1. The topological polar surface area (TPSA) is 51.0 Å². The molecule has 2 rings (SSSR count). The summed E-state index contributed by atoms with van der Waals surface area (Å²) in [6.07, 6.45) is 0. The highest BCUT2D eigenvalue weighted by Crippen LogP contribution is 2.03. The van der Waals surface area contributed by atoms with E-state index in [9.17, 15) is 4.79 Å². The van der Waals surface area contributed by atoms with Crippen molar-refractivity contribution in [2.45, 2.75) is 6.54 Å². The number of quaternary nitrogens is 1. The predicted octanol–water partition coefficient (Wildman–Crippen LogP) is -0.200. The maximum absolute atomic E-state index is 10.7. The highest BCUT2D eigenvalue weighted by molar-refractivity contribution is 5.87. The van der Waals surface area contributed by atoms with Crippen molar-refractivity contribution >= 4 is 5.97 Å². The summed E-state index contributed by atoms with van der Waals surface area (Å²) in [7, 11) is 0. The van der Waals surface area contributed by atoms with Crippen LogP contribution >= 0.6 is 0 Å². The van der Waals surface area contributed by atoms with E-state index >= 15 is 0 Å². The molecule has 0 atom stereocenters. The second-order valence-corrected chi connectivity index (χ2v) is 4.04. The first-order chi connectivity index (χ1) is 7.75. The standard InChI is InChI=1S/C12H15NO3/c14-12(15)11-3-1-10(2-4-11)9-13-5-7-16-8-6-13/h1-4H,5-9H2,(H,14,15)/p+1. The van der Waals surface area contributed by atoms with Crippen molar-refractivity contribution in [3.05, 3.63) is 35.4 Å². The Morgan fingerprint density at radius 3 is 2.44 bits per heavy atom. The quantitative estimate of drug-likeness (QED) is 0.744. The van der Waals surface area contributed by atoms with Gasteiger partial charge < -0.3 is 14.7 Å². The molecule has 0 bridgehead atoms. The van der Waals surface area contributed by atoms with Gasteiger partial charge in [0, 0.05) is 5.56 Å². The van der Waals surface area contributed by atoms with Crippen LogP contribution in [0.15, 0.2) is 24.3 Å². The van der Waals surface area contributed by atoms with Crippen LogP contribution in [-0.2, 0) is 11.3 Å². The maximum Gasteiger partial charge on any atom is 0.335 e. The SMILES string of the molecule is O=C(O)c1ccc(C[NH+]2CCOCC2)cc1. The lowest BCUT2D eigenvalue weighted by Crippen LogP contribution is -3.12. The van der Waals surface area contributed by atoms with Gasteiger partial charge in [0.1, 0.15) is 19.6 Å². The number of hydrogen-bond donors (Lipinski definition) is 2. The smallest absolute Gasteiger partial charge is 0.335 e. The van der Waals surface area contributed by atoms with Crippen molar-refractivity contribution in [1.82, 2.24) is 0 Å². The van der Waals surface area contributed by atoms with E-state index in [-0.39, 0.29) is 0 Å². The number of hydrogen-bond acceptors (Lipinski definition) is 2. The third kappa shape index (κ3) is 2.81. The van der Waals surface area contributed by atoms with Crippen molar-refractivity contribution in [2.75, 3.05) is 26.3 Å². The number of carboxylic acid groups (broad SMARTS) is 1. The Kier molecular flexibility index (Phi) is 3.54. The summed E-state index contributed by atoms with van der Waals surface area (Å²) in [6, 6.07) is 7.12. The van der Waals surface area contributed by atoms with Crippen LogP contribution in [0.1, 0.15) is 15.9 Å². The van der Waals surface area contributed by atoms with Crippen molar-refractivity contribution in [2.24, 2.45) is 0 Å². The zero-order valence-electron chi connectivity index (χ0n) is 9.11. The van der Waals surface area contributed by atoms with Gasteiger partial charge in [0.05, 0.1) is 18.8 Å². The average Bonchev–Trinajstić information content (AvgIpc) is 2.31. The van der Waals surface area contributed by atoms with Crippen LogP contribution in [-0.4, -0.2) is 37.4 Å². The molecular formula is C12H16NO3+. The lowest BCUT2D eigenvalue weighted by atomic mass is 10.1. The molecule has 1 aliphatic heterocycles. The lowest BCUT2D eigenvalue weighted by Gasteiger charge is -2.23. The van der Waals surface area contributed by atoms with Crippen molar-refractivity contribution in [3.8, 4) is 0 Å². The predicted molar refractivity (Wildman–Crippen MR) is 58.6 cm³/mol. The molecule has 86 valence electrons. The van der Waals surface area contributed by atoms with E-state index in [1.54, 1.807) is 12.1 Å². The number of morpholine rings is 1. The largest absolute Gasteiger partial charge is 0.478 e. The summed E-state index contributed by atoms with van der Waals surface area (Å²) in [5.74, 6) is -0.870. The fourth-order valence-electron chi connectivity index (χ4n) is 1.89. The maximum atomic E-state index is 10.7. The van der Waals surface area contributed by atoms with Gasteiger partial charge in [-0.1, -0.05) is 12.1 Å². The van der Waals surface area contributed by atoms with E-state index in [0.29, 0.717) is 5.56 Å². The minimum atomic E-state index is -0.870. The van der Waals surface area contributed by atoms with Crippen LogP contribution in [0.3, 0.4) is 0 Å². The molecule has 1 aromatic carbocycles. The van der Waals surface area contributed by atoms with E-state index in [2.05, 4.69) is 0 Å². The molecule has 0 spiro atoms. The molecule has 0 radical (unpaired) electrons. The summed E-state index contributed by atoms with van der Waals surface area (Å²) in [5.41, 5.74) is 1.53. The molecule has 1 fully saturated rings. The van der Waals surface area contributed by atoms with Gasteiger partial charge in [0.2, 0.25) is 0 Å². The number of rotatable bonds is 3. The van der Waals surface area contributed by atoms with Crippen molar-refractivity contribution < 1.29 is 19.5 Å². The fraction of sp³-hybridized carbons (Fsp3) is 0.417. The zero-order valence-corrected chi connectivity index (χ0v) is 9.11. The Morgan fingerprint density at radius 1 is 1.25 bits per heavy atom. The van der Waals surface area contributed by atoms with Crippen LogP contribution in [0.4, 0.5) is 0 Å². The molecule has 0 unspecified atom stereocenters. The first-order valence-electron chi connectivity index (χ1n) is 5.49. The lowest BCUT2D eigenvalue weighted by molar-refractivity contribution is -0.921. The molecule has 1 heterocycles. The number of nitrogens with one attached hydrogen (secondary N) is 1. The molecule has 0 aliphatic carbocycles.